The summed E-state index contributed by atoms with van der Waals surface area (Å²) in [5.41, 5.74) is 3.24. The van der Waals surface area contributed by atoms with Gasteiger partial charge in [-0.3, -0.25) is 0 Å². The summed E-state index contributed by atoms with van der Waals surface area (Å²) in [5, 5.41) is 0.336. The topological polar surface area (TPSA) is 86.6 Å². The van der Waals surface area contributed by atoms with E-state index in [9.17, 15) is 4.39 Å². The summed E-state index contributed by atoms with van der Waals surface area (Å²) in [5.74, 6) is 0.375. The van der Waals surface area contributed by atoms with Crippen LogP contribution in [0.1, 0.15) is 36.5 Å². The van der Waals surface area contributed by atoms with E-state index >= 15 is 0 Å². The molecule has 0 bridgehead atoms. The maximum atomic E-state index is 14.1. The van der Waals surface area contributed by atoms with Crippen LogP contribution in [0.4, 0.5) is 4.39 Å². The predicted octanol–water partition coefficient (Wildman–Crippen LogP) is 5.47. The molecule has 33 heavy (non-hydrogen) atoms. The van der Waals surface area contributed by atoms with Gasteiger partial charge in [0.05, 0.1) is 11.4 Å². The van der Waals surface area contributed by atoms with Crippen LogP contribution >= 0.6 is 11.6 Å². The summed E-state index contributed by atoms with van der Waals surface area (Å²) in [7, 11) is 0. The highest BCUT2D eigenvalue weighted by Crippen LogP contribution is 2.27. The molecule has 0 radical (unpaired) electrons. The van der Waals surface area contributed by atoms with E-state index in [-0.39, 0.29) is 0 Å². The third kappa shape index (κ3) is 7.20. The summed E-state index contributed by atoms with van der Waals surface area (Å²) in [4.78, 5) is 24.7. The second kappa shape index (κ2) is 12.2. The Labute approximate surface area is 197 Å². The molecule has 0 saturated carbocycles. The largest absolute Gasteiger partial charge is 0.381 e. The zero-order valence-electron chi connectivity index (χ0n) is 18.9. The van der Waals surface area contributed by atoms with Crippen LogP contribution in [-0.2, 0) is 4.74 Å². The Balaban J connectivity index is 0.000000191. The number of hydrogen-bond donors (Lipinski definition) is 0. The quantitative estimate of drug-likeness (QED) is 0.366. The van der Waals surface area contributed by atoms with Crippen LogP contribution in [0.5, 0.6) is 0 Å². The highest BCUT2D eigenvalue weighted by Gasteiger charge is 2.14. The van der Waals surface area contributed by atoms with Crippen LogP contribution in [0, 0.1) is 26.6 Å². The van der Waals surface area contributed by atoms with Crippen molar-refractivity contribution in [3.8, 4) is 11.3 Å². The van der Waals surface area contributed by atoms with Crippen LogP contribution in [0.3, 0.4) is 0 Å². The fraction of sp³-hybridized carbons (Fsp3) is 0.333. The molecule has 1 aromatic carbocycles. The number of halogens is 2. The van der Waals surface area contributed by atoms with Gasteiger partial charge in [-0.2, -0.15) is 0 Å². The van der Waals surface area contributed by atoms with E-state index in [4.69, 9.17) is 16.3 Å². The Morgan fingerprint density at radius 1 is 0.879 bits per heavy atom. The molecule has 4 heterocycles. The van der Waals surface area contributed by atoms with E-state index in [2.05, 4.69) is 29.9 Å². The Morgan fingerprint density at radius 2 is 1.58 bits per heavy atom. The van der Waals surface area contributed by atoms with Gasteiger partial charge >= 0.3 is 0 Å². The molecule has 1 fully saturated rings. The molecule has 1 saturated heterocycles. The smallest absolute Gasteiger partial charge is 0.182 e. The lowest BCUT2D eigenvalue weighted by Crippen LogP contribution is -2.03. The second-order valence-electron chi connectivity index (χ2n) is 7.38. The van der Waals surface area contributed by atoms with Gasteiger partial charge in [0.2, 0.25) is 0 Å². The summed E-state index contributed by atoms with van der Waals surface area (Å²) in [6.45, 7) is 7.56. The van der Waals surface area contributed by atoms with Gasteiger partial charge in [0.25, 0.3) is 0 Å². The van der Waals surface area contributed by atoms with Crippen molar-refractivity contribution in [3.05, 3.63) is 71.0 Å². The maximum absolute atomic E-state index is 14.1. The molecular weight excluding hydrogens is 443 g/mol. The Morgan fingerprint density at radius 3 is 2.12 bits per heavy atom. The molecular formula is C24H26ClFN6O. The molecule has 1 aliphatic rings. The van der Waals surface area contributed by atoms with Gasteiger partial charge in [-0.25, -0.2) is 34.3 Å². The molecule has 9 heteroatoms. The van der Waals surface area contributed by atoms with Crippen LogP contribution in [0.25, 0.3) is 22.4 Å². The lowest BCUT2D eigenvalue weighted by Gasteiger charge is -2.08. The van der Waals surface area contributed by atoms with Gasteiger partial charge in [0, 0.05) is 36.2 Å². The third-order valence-corrected chi connectivity index (χ3v) is 5.07. The summed E-state index contributed by atoms with van der Waals surface area (Å²) < 4.78 is 19.1. The lowest BCUT2D eigenvalue weighted by molar-refractivity contribution is 0.0968. The minimum absolute atomic E-state index is 0.333. The molecule has 0 N–H and O–H groups in total. The number of rotatable bonds is 1. The fourth-order valence-corrected chi connectivity index (χ4v) is 3.14. The highest BCUT2D eigenvalue weighted by atomic mass is 35.5. The van der Waals surface area contributed by atoms with Gasteiger partial charge in [-0.1, -0.05) is 11.6 Å². The zero-order chi connectivity index (χ0) is 23.6. The normalized spacial score (nSPS) is 12.9. The van der Waals surface area contributed by atoms with Crippen molar-refractivity contribution in [2.45, 2.75) is 40.0 Å². The van der Waals surface area contributed by atoms with E-state index in [1.54, 1.807) is 30.6 Å². The number of ether oxygens (including phenoxy) is 1. The average Bonchev–Trinajstić information content (AvgIpc) is 2.82. The van der Waals surface area contributed by atoms with E-state index in [1.165, 1.54) is 31.7 Å². The van der Waals surface area contributed by atoms with Gasteiger partial charge in [-0.15, -0.1) is 0 Å². The van der Waals surface area contributed by atoms with E-state index < -0.39 is 5.82 Å². The molecule has 1 aliphatic heterocycles. The van der Waals surface area contributed by atoms with Crippen molar-refractivity contribution in [2.24, 2.45) is 0 Å². The first-order valence-corrected chi connectivity index (χ1v) is 11.1. The monoisotopic (exact) mass is 468 g/mol. The molecule has 0 unspecified atom stereocenters. The molecule has 5 rings (SSSR count). The van der Waals surface area contributed by atoms with Crippen LogP contribution in [0.15, 0.2) is 43.0 Å². The van der Waals surface area contributed by atoms with Crippen molar-refractivity contribution < 1.29 is 9.13 Å². The van der Waals surface area contributed by atoms with Gasteiger partial charge in [-0.05, 0) is 64.3 Å². The lowest BCUT2D eigenvalue weighted by atomic mass is 10.1. The van der Waals surface area contributed by atoms with Gasteiger partial charge < -0.3 is 4.74 Å². The van der Waals surface area contributed by atoms with Crippen molar-refractivity contribution in [1.82, 2.24) is 29.9 Å². The summed E-state index contributed by atoms with van der Waals surface area (Å²) in [6, 6.07) is 6.24. The van der Waals surface area contributed by atoms with Crippen molar-refractivity contribution >= 4 is 22.8 Å². The van der Waals surface area contributed by atoms with Crippen molar-refractivity contribution in [2.75, 3.05) is 13.2 Å². The fourth-order valence-electron chi connectivity index (χ4n) is 2.98. The standard InChI is InChI=1S/C14H10ClFN4.C5H6N2.C5H10O/c1-7-8(2)20-14-13(19-7)12(17-6-18-14)10-4-3-9(15)5-11(10)16;1-5-6-3-2-4-7-5;1-2-4-6-5-3-1/h3-6H,1-2H3;2-4H,1H3;1-5H2. The molecule has 0 aliphatic carbocycles. The molecule has 172 valence electrons. The van der Waals surface area contributed by atoms with Gasteiger partial charge in [0.15, 0.2) is 5.65 Å². The molecule has 4 aromatic rings. The van der Waals surface area contributed by atoms with E-state index in [1.807, 2.05) is 20.8 Å². The Bertz CT molecular complexity index is 1180. The van der Waals surface area contributed by atoms with E-state index in [0.717, 1.165) is 30.4 Å². The van der Waals surface area contributed by atoms with Crippen LogP contribution < -0.4 is 0 Å². The number of fused-ring (bicyclic) bond motifs is 1. The first-order chi connectivity index (χ1) is 16.0. The van der Waals surface area contributed by atoms with Gasteiger partial charge in [0.1, 0.15) is 29.2 Å². The van der Waals surface area contributed by atoms with E-state index in [0.29, 0.717) is 27.4 Å². The molecule has 0 atom stereocenters. The molecule has 0 amide bonds. The molecule has 3 aromatic heterocycles. The highest BCUT2D eigenvalue weighted by molar-refractivity contribution is 6.30. The van der Waals surface area contributed by atoms with Crippen LogP contribution in [-0.4, -0.2) is 43.1 Å². The second-order valence-corrected chi connectivity index (χ2v) is 7.82. The first kappa shape index (κ1) is 24.5. The van der Waals surface area contributed by atoms with Crippen molar-refractivity contribution in [1.29, 1.82) is 0 Å². The third-order valence-electron chi connectivity index (χ3n) is 4.84. The first-order valence-electron chi connectivity index (χ1n) is 10.7. The number of benzene rings is 1. The predicted molar refractivity (Wildman–Crippen MR) is 126 cm³/mol. The number of aryl methyl sites for hydroxylation is 3. The van der Waals surface area contributed by atoms with Crippen molar-refractivity contribution in [3.63, 3.8) is 0 Å². The Hall–Kier alpha value is -3.10. The number of hydrogen-bond acceptors (Lipinski definition) is 7. The summed E-state index contributed by atoms with van der Waals surface area (Å²) >= 11 is 5.77. The maximum Gasteiger partial charge on any atom is 0.182 e. The summed E-state index contributed by atoms with van der Waals surface area (Å²) in [6.07, 6.45) is 8.74. The number of nitrogens with zero attached hydrogens (tertiary/aromatic N) is 6. The Kier molecular flexibility index (Phi) is 9.09. The average molecular weight is 469 g/mol. The number of aromatic nitrogens is 6. The minimum Gasteiger partial charge on any atom is -0.381 e. The minimum atomic E-state index is -0.447. The zero-order valence-corrected chi connectivity index (χ0v) is 19.7. The van der Waals surface area contributed by atoms with Crippen LogP contribution in [0.2, 0.25) is 5.02 Å². The molecule has 7 nitrogen and oxygen atoms in total. The molecule has 0 spiro atoms. The SMILES string of the molecule is C1CCOCC1.Cc1nc2ncnc(-c3ccc(Cl)cc3F)c2nc1C.Cc1ncccn1.